The Morgan fingerprint density at radius 1 is 1.47 bits per heavy atom. The molecule has 7 nitrogen and oxygen atoms in total. The molecule has 0 bridgehead atoms. The van der Waals surface area contributed by atoms with Crippen LogP contribution < -0.4 is 10.5 Å². The Morgan fingerprint density at radius 3 is 2.68 bits per heavy atom. The molecule has 1 rings (SSSR count). The van der Waals surface area contributed by atoms with Crippen LogP contribution >= 0.6 is 0 Å². The van der Waals surface area contributed by atoms with Gasteiger partial charge in [-0.2, -0.15) is 0 Å². The van der Waals surface area contributed by atoms with Gasteiger partial charge in [-0.1, -0.05) is 11.8 Å². The Kier molecular flexibility index (Phi) is 4.71. The van der Waals surface area contributed by atoms with Crippen molar-refractivity contribution in [2.24, 2.45) is 0 Å². The third-order valence-corrected chi connectivity index (χ3v) is 2.25. The predicted molar refractivity (Wildman–Crippen MR) is 67.6 cm³/mol. The zero-order valence-electron chi connectivity index (χ0n) is 10.4. The summed E-state index contributed by atoms with van der Waals surface area (Å²) in [4.78, 5) is 21.1. The molecule has 0 atom stereocenters. The maximum atomic E-state index is 10.9. The topological polar surface area (TPSA) is 105 Å². The average Bonchev–Trinajstić information content (AvgIpc) is 2.39. The standard InChI is InChI=1S/C12H12N2O5/c1-18-9-6-8(4-3-5-11(15)19-2)12(13)10(7-9)14(16)17/h6-7H,5,13H2,1-2H3. The fourth-order valence-corrected chi connectivity index (χ4v) is 1.27. The Bertz CT molecular complexity index is 571. The van der Waals surface area contributed by atoms with E-state index in [0.717, 1.165) is 0 Å². The Morgan fingerprint density at radius 2 is 2.16 bits per heavy atom. The first-order valence-corrected chi connectivity index (χ1v) is 5.17. The molecule has 0 saturated heterocycles. The van der Waals surface area contributed by atoms with E-state index in [2.05, 4.69) is 16.6 Å². The number of nitro benzene ring substituents is 1. The van der Waals surface area contributed by atoms with Gasteiger partial charge in [0.25, 0.3) is 5.69 Å². The minimum atomic E-state index is -0.622. The minimum Gasteiger partial charge on any atom is -0.496 e. The molecule has 0 saturated carbocycles. The highest BCUT2D eigenvalue weighted by atomic mass is 16.6. The van der Waals surface area contributed by atoms with E-state index in [9.17, 15) is 14.9 Å². The smallest absolute Gasteiger partial charge is 0.317 e. The van der Waals surface area contributed by atoms with Crippen LogP contribution in [0.4, 0.5) is 11.4 Å². The number of nitrogens with two attached hydrogens (primary N) is 1. The van der Waals surface area contributed by atoms with Crippen molar-refractivity contribution in [1.29, 1.82) is 0 Å². The first-order valence-electron chi connectivity index (χ1n) is 5.17. The van der Waals surface area contributed by atoms with E-state index in [-0.39, 0.29) is 29.1 Å². The molecule has 0 aliphatic carbocycles. The molecule has 0 spiro atoms. The normalized spacial score (nSPS) is 9.16. The number of hydrogen-bond acceptors (Lipinski definition) is 6. The number of nitrogens with zero attached hydrogens (tertiary/aromatic N) is 1. The summed E-state index contributed by atoms with van der Waals surface area (Å²) in [6, 6.07) is 2.67. The number of methoxy groups -OCH3 is 2. The summed E-state index contributed by atoms with van der Waals surface area (Å²) in [7, 11) is 2.62. The Hall–Kier alpha value is -2.75. The number of benzene rings is 1. The van der Waals surface area contributed by atoms with Crippen LogP contribution in [0.1, 0.15) is 12.0 Å². The number of carbonyl (C=O) groups excluding carboxylic acids is 1. The molecule has 1 aromatic carbocycles. The van der Waals surface area contributed by atoms with Crippen LogP contribution in [-0.4, -0.2) is 25.1 Å². The minimum absolute atomic E-state index is 0.0665. The van der Waals surface area contributed by atoms with E-state index in [0.29, 0.717) is 0 Å². The summed E-state index contributed by atoms with van der Waals surface area (Å²) < 4.78 is 9.35. The molecule has 2 N–H and O–H groups in total. The quantitative estimate of drug-likeness (QED) is 0.288. The van der Waals surface area contributed by atoms with E-state index >= 15 is 0 Å². The molecule has 0 heterocycles. The van der Waals surface area contributed by atoms with Crippen LogP contribution in [0.3, 0.4) is 0 Å². The van der Waals surface area contributed by atoms with E-state index < -0.39 is 10.9 Å². The van der Waals surface area contributed by atoms with Gasteiger partial charge in [0.2, 0.25) is 0 Å². The molecule has 19 heavy (non-hydrogen) atoms. The summed E-state index contributed by atoms with van der Waals surface area (Å²) in [6.45, 7) is 0. The van der Waals surface area contributed by atoms with Gasteiger partial charge in [-0.15, -0.1) is 0 Å². The molecule has 1 aromatic rings. The lowest BCUT2D eigenvalue weighted by Gasteiger charge is -2.04. The van der Waals surface area contributed by atoms with Crippen molar-refractivity contribution in [2.75, 3.05) is 20.0 Å². The summed E-state index contributed by atoms with van der Waals surface area (Å²) in [5.41, 5.74) is 5.52. The van der Waals surface area contributed by atoms with Crippen LogP contribution in [0.25, 0.3) is 0 Å². The fraction of sp³-hybridized carbons (Fsp3) is 0.250. The average molecular weight is 264 g/mol. The van der Waals surface area contributed by atoms with Gasteiger partial charge < -0.3 is 15.2 Å². The van der Waals surface area contributed by atoms with Crippen molar-refractivity contribution >= 4 is 17.3 Å². The summed E-state index contributed by atoms with van der Waals surface area (Å²) in [5, 5.41) is 10.8. The predicted octanol–water partition coefficient (Wildman–Crippen LogP) is 1.10. The molecular formula is C12H12N2O5. The lowest BCUT2D eigenvalue weighted by Crippen LogP contribution is -2.00. The van der Waals surface area contributed by atoms with Gasteiger partial charge in [0.05, 0.1) is 30.8 Å². The molecule has 0 fully saturated rings. The fourth-order valence-electron chi connectivity index (χ4n) is 1.27. The Balaban J connectivity index is 3.16. The summed E-state index contributed by atoms with van der Waals surface area (Å²) >= 11 is 0. The number of anilines is 1. The molecule has 0 aliphatic rings. The van der Waals surface area contributed by atoms with Crippen LogP contribution in [-0.2, 0) is 9.53 Å². The van der Waals surface area contributed by atoms with Crippen LogP contribution in [0.15, 0.2) is 12.1 Å². The number of ether oxygens (including phenoxy) is 2. The van der Waals surface area contributed by atoms with E-state index in [1.165, 1.54) is 26.4 Å². The lowest BCUT2D eigenvalue weighted by molar-refractivity contribution is -0.384. The van der Waals surface area contributed by atoms with Crippen molar-refractivity contribution in [2.45, 2.75) is 6.42 Å². The summed E-state index contributed by atoms with van der Waals surface area (Å²) in [5.74, 6) is 4.89. The summed E-state index contributed by atoms with van der Waals surface area (Å²) in [6.07, 6.45) is -0.124. The number of rotatable bonds is 3. The maximum Gasteiger partial charge on any atom is 0.317 e. The second-order valence-electron chi connectivity index (χ2n) is 3.42. The van der Waals surface area contributed by atoms with Gasteiger partial charge in [-0.25, -0.2) is 0 Å². The van der Waals surface area contributed by atoms with E-state index in [1.54, 1.807) is 0 Å². The maximum absolute atomic E-state index is 10.9. The molecule has 0 unspecified atom stereocenters. The van der Waals surface area contributed by atoms with E-state index in [1.807, 2.05) is 0 Å². The molecular weight excluding hydrogens is 252 g/mol. The highest BCUT2D eigenvalue weighted by Gasteiger charge is 2.16. The second kappa shape index (κ2) is 6.26. The molecule has 0 amide bonds. The highest BCUT2D eigenvalue weighted by molar-refractivity contribution is 5.74. The van der Waals surface area contributed by atoms with Gasteiger partial charge in [0.15, 0.2) is 0 Å². The van der Waals surface area contributed by atoms with Crippen LogP contribution in [0.2, 0.25) is 0 Å². The molecule has 0 aromatic heterocycles. The lowest BCUT2D eigenvalue weighted by atomic mass is 10.1. The highest BCUT2D eigenvalue weighted by Crippen LogP contribution is 2.30. The molecule has 0 radical (unpaired) electrons. The van der Waals surface area contributed by atoms with Crippen LogP contribution in [0.5, 0.6) is 5.75 Å². The SMILES string of the molecule is COC(=O)CC#Cc1cc(OC)cc([N+](=O)[O-])c1N. The van der Waals surface area contributed by atoms with Crippen molar-refractivity contribution in [1.82, 2.24) is 0 Å². The van der Waals surface area contributed by atoms with E-state index in [4.69, 9.17) is 10.5 Å². The Labute approximate surface area is 109 Å². The second-order valence-corrected chi connectivity index (χ2v) is 3.42. The van der Waals surface area contributed by atoms with Gasteiger partial charge in [0.1, 0.15) is 17.9 Å². The third-order valence-electron chi connectivity index (χ3n) is 2.25. The zero-order chi connectivity index (χ0) is 14.4. The molecule has 0 aliphatic heterocycles. The first-order chi connectivity index (χ1) is 8.99. The van der Waals surface area contributed by atoms with Crippen molar-refractivity contribution < 1.29 is 19.2 Å². The van der Waals surface area contributed by atoms with Gasteiger partial charge in [0, 0.05) is 0 Å². The van der Waals surface area contributed by atoms with Crippen molar-refractivity contribution in [3.63, 3.8) is 0 Å². The number of nitro groups is 1. The molecule has 7 heteroatoms. The van der Waals surface area contributed by atoms with Gasteiger partial charge in [-0.05, 0) is 6.07 Å². The zero-order valence-corrected chi connectivity index (χ0v) is 10.4. The van der Waals surface area contributed by atoms with Crippen LogP contribution in [0, 0.1) is 22.0 Å². The first kappa shape index (κ1) is 14.3. The van der Waals surface area contributed by atoms with Gasteiger partial charge >= 0.3 is 5.97 Å². The number of hydrogen-bond donors (Lipinski definition) is 1. The number of nitrogen functional groups attached to an aromatic ring is 1. The molecule has 100 valence electrons. The monoisotopic (exact) mass is 264 g/mol. The number of esters is 1. The third kappa shape index (κ3) is 3.61. The van der Waals surface area contributed by atoms with Crippen molar-refractivity contribution in [3.05, 3.63) is 27.8 Å². The largest absolute Gasteiger partial charge is 0.496 e. The number of carbonyl (C=O) groups is 1. The van der Waals surface area contributed by atoms with Crippen molar-refractivity contribution in [3.8, 4) is 17.6 Å². The van der Waals surface area contributed by atoms with Gasteiger partial charge in [-0.3, -0.25) is 14.9 Å².